The summed E-state index contributed by atoms with van der Waals surface area (Å²) in [4.78, 5) is 9.44. The van der Waals surface area contributed by atoms with E-state index in [-0.39, 0.29) is 5.78 Å². The molecule has 0 radical (unpaired) electrons. The third-order valence-electron chi connectivity index (χ3n) is 0.957. The average Bonchev–Trinajstić information content (AvgIpc) is 2.20. The van der Waals surface area contributed by atoms with Crippen molar-refractivity contribution in [2.45, 2.75) is 53.4 Å². The largest absolute Gasteiger partial charge is 0.400 e. The van der Waals surface area contributed by atoms with Gasteiger partial charge in [-0.2, -0.15) is 0 Å². The van der Waals surface area contributed by atoms with Gasteiger partial charge in [0.05, 0.1) is 0 Å². The molecule has 0 aliphatic rings. The van der Waals surface area contributed by atoms with Crippen molar-refractivity contribution >= 4 is 5.78 Å². The number of carbonyl (C=O) groups is 1. The van der Waals surface area contributed by atoms with Gasteiger partial charge in [0.15, 0.2) is 0 Å². The highest BCUT2D eigenvalue weighted by Crippen LogP contribution is 1.95. The van der Waals surface area contributed by atoms with Gasteiger partial charge in [-0.25, -0.2) is 0 Å². The summed E-state index contributed by atoms with van der Waals surface area (Å²) in [5.74, 6) is 0.167. The molecule has 2 N–H and O–H groups in total. The van der Waals surface area contributed by atoms with Gasteiger partial charge in [0.2, 0.25) is 0 Å². The molecule has 90 valence electrons. The number of carbonyl (C=O) groups excluding carboxylic acids is 1. The van der Waals surface area contributed by atoms with Gasteiger partial charge in [-0.05, 0) is 13.8 Å². The Balaban J connectivity index is -0.0000000546. The minimum Gasteiger partial charge on any atom is -0.400 e. The van der Waals surface area contributed by atoms with Crippen molar-refractivity contribution < 1.29 is 15.0 Å². The number of unbranched alkanes of at least 4 members (excludes halogenated alkanes) is 3. The number of hydrogen-bond acceptors (Lipinski definition) is 3. The molecule has 3 nitrogen and oxygen atoms in total. The first-order valence-corrected chi connectivity index (χ1v) is 5.01. The number of hydrogen-bond donors (Lipinski definition) is 2. The van der Waals surface area contributed by atoms with Crippen LogP contribution in [0.15, 0.2) is 0 Å². The summed E-state index contributed by atoms with van der Waals surface area (Å²) in [6.45, 7) is 7.52. The highest BCUT2D eigenvalue weighted by molar-refractivity contribution is 5.72. The molecular formula is C11H28O3. The summed E-state index contributed by atoms with van der Waals surface area (Å²) in [6.07, 6.45) is 5.54. The minimum atomic E-state index is 0.167. The van der Waals surface area contributed by atoms with Crippen molar-refractivity contribution in [2.24, 2.45) is 0 Å². The minimum absolute atomic E-state index is 0.167. The van der Waals surface area contributed by atoms with E-state index in [0.29, 0.717) is 0 Å². The summed E-state index contributed by atoms with van der Waals surface area (Å²) in [6, 6.07) is 0. The van der Waals surface area contributed by atoms with Gasteiger partial charge in [-0.15, -0.1) is 0 Å². The Labute approximate surface area is 89.2 Å². The van der Waals surface area contributed by atoms with Crippen molar-refractivity contribution in [2.75, 3.05) is 14.2 Å². The number of rotatable bonds is 3. The van der Waals surface area contributed by atoms with E-state index in [2.05, 4.69) is 13.8 Å². The van der Waals surface area contributed by atoms with Gasteiger partial charge in [0.1, 0.15) is 5.78 Å². The molecule has 0 saturated heterocycles. The van der Waals surface area contributed by atoms with E-state index in [1.165, 1.54) is 39.5 Å². The van der Waals surface area contributed by atoms with Crippen molar-refractivity contribution in [3.8, 4) is 0 Å². The van der Waals surface area contributed by atoms with Gasteiger partial charge in [0, 0.05) is 14.2 Å². The highest BCUT2D eigenvalue weighted by Gasteiger charge is 1.75. The molecule has 0 unspecified atom stereocenters. The summed E-state index contributed by atoms with van der Waals surface area (Å²) in [7, 11) is 2.00. The molecule has 3 heteroatoms. The number of aliphatic hydroxyl groups excluding tert-OH is 2. The Kier molecular flexibility index (Phi) is 65.2. The fourth-order valence-electron chi connectivity index (χ4n) is 0.500. The predicted molar refractivity (Wildman–Crippen MR) is 62.5 cm³/mol. The van der Waals surface area contributed by atoms with Gasteiger partial charge in [-0.1, -0.05) is 39.5 Å². The van der Waals surface area contributed by atoms with Crippen LogP contribution >= 0.6 is 0 Å². The second-order valence-electron chi connectivity index (χ2n) is 2.62. The Bertz CT molecular complexity index is 64.9. The second-order valence-corrected chi connectivity index (χ2v) is 2.62. The van der Waals surface area contributed by atoms with Gasteiger partial charge >= 0.3 is 0 Å². The van der Waals surface area contributed by atoms with Crippen molar-refractivity contribution in [3.63, 3.8) is 0 Å². The smallest absolute Gasteiger partial charge is 0.126 e. The third kappa shape index (κ3) is 194. The second kappa shape index (κ2) is 38.9. The number of ketones is 1. The molecular weight excluding hydrogens is 180 g/mol. The number of aliphatic hydroxyl groups is 2. The van der Waals surface area contributed by atoms with E-state index in [4.69, 9.17) is 10.2 Å². The topological polar surface area (TPSA) is 57.5 Å². The molecule has 0 amide bonds. The van der Waals surface area contributed by atoms with Crippen LogP contribution in [0.3, 0.4) is 0 Å². The van der Waals surface area contributed by atoms with E-state index in [1.54, 1.807) is 0 Å². The average molecular weight is 208 g/mol. The Morgan fingerprint density at radius 3 is 1.07 bits per heavy atom. The first-order valence-electron chi connectivity index (χ1n) is 5.01. The fraction of sp³-hybridized carbons (Fsp3) is 0.909. The van der Waals surface area contributed by atoms with Crippen LogP contribution in [0.4, 0.5) is 0 Å². The van der Waals surface area contributed by atoms with Gasteiger partial charge in [0.25, 0.3) is 0 Å². The summed E-state index contributed by atoms with van der Waals surface area (Å²) in [5, 5.41) is 14.0. The van der Waals surface area contributed by atoms with E-state index in [1.807, 2.05) is 0 Å². The van der Waals surface area contributed by atoms with Crippen LogP contribution in [0, 0.1) is 0 Å². The van der Waals surface area contributed by atoms with Crippen LogP contribution in [0.25, 0.3) is 0 Å². The zero-order chi connectivity index (χ0) is 12.4. The van der Waals surface area contributed by atoms with E-state index >= 15 is 0 Å². The molecule has 0 atom stereocenters. The molecule has 0 aliphatic heterocycles. The zero-order valence-electron chi connectivity index (χ0n) is 10.6. The third-order valence-corrected chi connectivity index (χ3v) is 0.957. The molecule has 14 heavy (non-hydrogen) atoms. The first kappa shape index (κ1) is 23.4. The maximum absolute atomic E-state index is 9.44. The lowest BCUT2D eigenvalue weighted by molar-refractivity contribution is -0.114. The predicted octanol–water partition coefficient (Wildman–Crippen LogP) is 2.40. The van der Waals surface area contributed by atoms with Gasteiger partial charge < -0.3 is 15.0 Å². The van der Waals surface area contributed by atoms with Crippen LogP contribution < -0.4 is 0 Å². The SMILES string of the molecule is CC(C)=O.CCCCCC.CO.CO. The number of Topliss-reactive ketones (excluding diaryl/α,β-unsaturated/α-hetero) is 1. The summed E-state index contributed by atoms with van der Waals surface area (Å²) >= 11 is 0. The lowest BCUT2D eigenvalue weighted by Crippen LogP contribution is -1.69. The normalized spacial score (nSPS) is 6.57. The molecule has 0 bridgehead atoms. The Morgan fingerprint density at radius 2 is 1.00 bits per heavy atom. The molecule has 0 heterocycles. The monoisotopic (exact) mass is 208 g/mol. The molecule has 0 aromatic rings. The molecule has 0 aromatic heterocycles. The van der Waals surface area contributed by atoms with Crippen molar-refractivity contribution in [1.29, 1.82) is 0 Å². The van der Waals surface area contributed by atoms with Crippen LogP contribution in [0.1, 0.15) is 53.4 Å². The van der Waals surface area contributed by atoms with Crippen LogP contribution in [-0.4, -0.2) is 30.2 Å². The fourth-order valence-corrected chi connectivity index (χ4v) is 0.500. The lowest BCUT2D eigenvalue weighted by atomic mass is 10.2. The highest BCUT2D eigenvalue weighted by atomic mass is 16.2. The van der Waals surface area contributed by atoms with Crippen LogP contribution in [0.5, 0.6) is 0 Å². The summed E-state index contributed by atoms with van der Waals surface area (Å²) < 4.78 is 0. The van der Waals surface area contributed by atoms with E-state index < -0.39 is 0 Å². The molecule has 0 aliphatic carbocycles. The standard InChI is InChI=1S/C6H14.C3H6O.2CH4O/c1-3-5-6-4-2;1-3(2)4;2*1-2/h3-6H2,1-2H3;1-2H3;2*2H,1H3. The lowest BCUT2D eigenvalue weighted by Gasteiger charge is -1.86. The zero-order valence-corrected chi connectivity index (χ0v) is 10.6. The molecule has 0 fully saturated rings. The quantitative estimate of drug-likeness (QED) is 0.700. The summed E-state index contributed by atoms with van der Waals surface area (Å²) in [5.41, 5.74) is 0. The first-order chi connectivity index (χ1) is 6.65. The maximum atomic E-state index is 9.44. The van der Waals surface area contributed by atoms with Crippen molar-refractivity contribution in [1.82, 2.24) is 0 Å². The molecule has 0 aromatic carbocycles. The molecule has 0 spiro atoms. The Hall–Kier alpha value is -0.410. The van der Waals surface area contributed by atoms with E-state index in [9.17, 15) is 4.79 Å². The molecule has 0 rings (SSSR count). The van der Waals surface area contributed by atoms with Crippen LogP contribution in [0.2, 0.25) is 0 Å². The Morgan fingerprint density at radius 1 is 0.857 bits per heavy atom. The maximum Gasteiger partial charge on any atom is 0.126 e. The van der Waals surface area contributed by atoms with Crippen molar-refractivity contribution in [3.05, 3.63) is 0 Å². The van der Waals surface area contributed by atoms with Gasteiger partial charge in [-0.3, -0.25) is 0 Å². The van der Waals surface area contributed by atoms with E-state index in [0.717, 1.165) is 14.2 Å². The van der Waals surface area contributed by atoms with Crippen LogP contribution in [-0.2, 0) is 4.79 Å². The molecule has 0 saturated carbocycles.